The van der Waals surface area contributed by atoms with E-state index in [-0.39, 0.29) is 0 Å². The lowest BCUT2D eigenvalue weighted by atomic mass is 9.77. The van der Waals surface area contributed by atoms with E-state index in [2.05, 4.69) is 22.5 Å². The molecule has 2 aliphatic rings. The summed E-state index contributed by atoms with van der Waals surface area (Å²) in [5.41, 5.74) is 0.728. The molecule has 4 rings (SSSR count). The lowest BCUT2D eigenvalue weighted by Gasteiger charge is -2.33. The van der Waals surface area contributed by atoms with Crippen LogP contribution in [0.4, 0.5) is 9.93 Å². The van der Waals surface area contributed by atoms with Crippen molar-refractivity contribution in [1.29, 1.82) is 0 Å². The number of thiazole rings is 1. The number of hydrogen-bond acceptors (Lipinski definition) is 7. The topological polar surface area (TPSA) is 118 Å². The summed E-state index contributed by atoms with van der Waals surface area (Å²) in [5, 5.41) is 7.59. The van der Waals surface area contributed by atoms with Crippen molar-refractivity contribution in [2.45, 2.75) is 51.2 Å². The third-order valence-electron chi connectivity index (χ3n) is 6.14. The van der Waals surface area contributed by atoms with Crippen molar-refractivity contribution in [2.75, 3.05) is 11.9 Å². The molecule has 1 aliphatic heterocycles. The average Bonchev–Trinajstić information content (AvgIpc) is 3.35. The van der Waals surface area contributed by atoms with Gasteiger partial charge in [0, 0.05) is 10.9 Å². The molecule has 1 aromatic carbocycles. The van der Waals surface area contributed by atoms with Gasteiger partial charge in [-0.2, -0.15) is 0 Å². The predicted molar refractivity (Wildman–Crippen MR) is 122 cm³/mol. The zero-order valence-electron chi connectivity index (χ0n) is 18.5. The molecular weight excluding hydrogens is 444 g/mol. The van der Waals surface area contributed by atoms with Gasteiger partial charge in [-0.15, -0.1) is 11.3 Å². The van der Waals surface area contributed by atoms with Gasteiger partial charge in [-0.1, -0.05) is 37.3 Å². The van der Waals surface area contributed by atoms with E-state index < -0.39 is 42.0 Å². The molecule has 2 N–H and O–H groups in total. The van der Waals surface area contributed by atoms with E-state index >= 15 is 0 Å². The van der Waals surface area contributed by atoms with Crippen molar-refractivity contribution in [1.82, 2.24) is 15.2 Å². The maximum atomic E-state index is 12.9. The number of benzene rings is 1. The maximum Gasteiger partial charge on any atom is 0.327 e. The molecule has 1 unspecified atom stereocenters. The number of ether oxygens (including phenoxy) is 1. The molecule has 9 nitrogen and oxygen atoms in total. The Hall–Kier alpha value is -3.27. The molecule has 0 bridgehead atoms. The number of hydrogen-bond donors (Lipinski definition) is 2. The van der Waals surface area contributed by atoms with Gasteiger partial charge >= 0.3 is 12.0 Å². The van der Waals surface area contributed by atoms with Crippen LogP contribution in [0, 0.1) is 5.92 Å². The Balaban J connectivity index is 1.30. The van der Waals surface area contributed by atoms with Gasteiger partial charge in [0.05, 0.1) is 5.69 Å². The molecule has 1 saturated heterocycles. The van der Waals surface area contributed by atoms with Crippen LogP contribution in [0.15, 0.2) is 35.7 Å². The van der Waals surface area contributed by atoms with Crippen molar-refractivity contribution < 1.29 is 23.9 Å². The van der Waals surface area contributed by atoms with Gasteiger partial charge in [-0.05, 0) is 38.5 Å². The van der Waals surface area contributed by atoms with Gasteiger partial charge in [-0.25, -0.2) is 9.78 Å². The standard InChI is InChI=1S/C23H26N4O5S/c1-14-8-10-23(11-9-14)20(30)27(22(31)26-23)12-18(28)32-15(2)19(29)25-21-24-17(13-33-21)16-6-4-3-5-7-16/h3-7,13-15H,8-12H2,1-2H3,(H,26,31)(H,24,25,29). The van der Waals surface area contributed by atoms with Gasteiger partial charge in [0.1, 0.15) is 12.1 Å². The largest absolute Gasteiger partial charge is 0.451 e. The van der Waals surface area contributed by atoms with E-state index in [0.29, 0.717) is 23.9 Å². The van der Waals surface area contributed by atoms with E-state index in [1.165, 1.54) is 18.3 Å². The van der Waals surface area contributed by atoms with Gasteiger partial charge < -0.3 is 10.1 Å². The first-order valence-electron chi connectivity index (χ1n) is 10.9. The van der Waals surface area contributed by atoms with Gasteiger partial charge in [0.15, 0.2) is 11.2 Å². The molecule has 10 heteroatoms. The summed E-state index contributed by atoms with van der Waals surface area (Å²) < 4.78 is 5.18. The predicted octanol–water partition coefficient (Wildman–Crippen LogP) is 3.18. The minimum absolute atomic E-state index is 0.379. The summed E-state index contributed by atoms with van der Waals surface area (Å²) in [6.45, 7) is 3.01. The second-order valence-corrected chi connectivity index (χ2v) is 9.47. The second-order valence-electron chi connectivity index (χ2n) is 8.61. The molecule has 2 heterocycles. The van der Waals surface area contributed by atoms with Crippen LogP contribution < -0.4 is 10.6 Å². The Morgan fingerprint density at radius 2 is 1.97 bits per heavy atom. The second kappa shape index (κ2) is 9.30. The summed E-state index contributed by atoms with van der Waals surface area (Å²) in [6.07, 6.45) is 1.67. The van der Waals surface area contributed by atoms with Gasteiger partial charge in [0.25, 0.3) is 11.8 Å². The number of anilines is 1. The third-order valence-corrected chi connectivity index (χ3v) is 6.90. The fourth-order valence-corrected chi connectivity index (χ4v) is 4.83. The molecule has 1 atom stereocenters. The van der Waals surface area contributed by atoms with Crippen LogP contribution in [-0.4, -0.2) is 51.9 Å². The molecule has 4 amide bonds. The Labute approximate surface area is 195 Å². The highest BCUT2D eigenvalue weighted by Gasteiger charge is 2.52. The van der Waals surface area contributed by atoms with Crippen LogP contribution in [0.3, 0.4) is 0 Å². The number of rotatable bonds is 6. The number of amides is 4. The highest BCUT2D eigenvalue weighted by atomic mass is 32.1. The average molecular weight is 471 g/mol. The third kappa shape index (κ3) is 4.90. The Morgan fingerprint density at radius 1 is 1.27 bits per heavy atom. The van der Waals surface area contributed by atoms with Gasteiger partial charge in [0.2, 0.25) is 0 Å². The normalized spacial score (nSPS) is 23.3. The summed E-state index contributed by atoms with van der Waals surface area (Å²) in [7, 11) is 0. The Morgan fingerprint density at radius 3 is 2.67 bits per heavy atom. The SMILES string of the molecule is CC1CCC2(CC1)NC(=O)N(CC(=O)OC(C)C(=O)Nc1nc(-c3ccccc3)cs1)C2=O. The summed E-state index contributed by atoms with van der Waals surface area (Å²) >= 11 is 1.26. The molecule has 1 saturated carbocycles. The zero-order chi connectivity index (χ0) is 23.6. The first-order chi connectivity index (χ1) is 15.8. The number of nitrogens with zero attached hydrogens (tertiary/aromatic N) is 2. The number of carbonyl (C=O) groups is 4. The number of carbonyl (C=O) groups excluding carboxylic acids is 4. The molecule has 1 aliphatic carbocycles. The van der Waals surface area contributed by atoms with Gasteiger partial charge in [-0.3, -0.25) is 24.6 Å². The quantitative estimate of drug-likeness (QED) is 0.495. The van der Waals surface area contributed by atoms with E-state index in [4.69, 9.17) is 4.74 Å². The number of nitrogens with one attached hydrogen (secondary N) is 2. The highest BCUT2D eigenvalue weighted by Crippen LogP contribution is 2.36. The molecule has 33 heavy (non-hydrogen) atoms. The van der Waals surface area contributed by atoms with Crippen molar-refractivity contribution in [3.05, 3.63) is 35.7 Å². The molecule has 0 radical (unpaired) electrons. The van der Waals surface area contributed by atoms with Crippen molar-refractivity contribution in [3.63, 3.8) is 0 Å². The number of aromatic nitrogens is 1. The smallest absolute Gasteiger partial charge is 0.327 e. The van der Waals surface area contributed by atoms with Crippen molar-refractivity contribution in [3.8, 4) is 11.3 Å². The van der Waals surface area contributed by atoms with Crippen molar-refractivity contribution >= 4 is 40.3 Å². The fourth-order valence-electron chi connectivity index (χ4n) is 4.11. The molecule has 2 aromatic rings. The number of esters is 1. The zero-order valence-corrected chi connectivity index (χ0v) is 19.3. The molecule has 2 fully saturated rings. The maximum absolute atomic E-state index is 12.9. The van der Waals surface area contributed by atoms with Crippen LogP contribution in [0.5, 0.6) is 0 Å². The molecular formula is C23H26N4O5S. The van der Waals surface area contributed by atoms with E-state index in [9.17, 15) is 19.2 Å². The minimum Gasteiger partial charge on any atom is -0.451 e. The first-order valence-corrected chi connectivity index (χ1v) is 11.8. The summed E-state index contributed by atoms with van der Waals surface area (Å²) in [5.74, 6) is -1.27. The Bertz CT molecular complexity index is 1060. The lowest BCUT2D eigenvalue weighted by molar-refractivity contribution is -0.155. The lowest BCUT2D eigenvalue weighted by Crippen LogP contribution is -2.49. The van der Waals surface area contributed by atoms with Crippen molar-refractivity contribution in [2.24, 2.45) is 5.92 Å². The monoisotopic (exact) mass is 470 g/mol. The number of imide groups is 1. The van der Waals surface area contributed by atoms with Crippen LogP contribution in [0.2, 0.25) is 0 Å². The van der Waals surface area contributed by atoms with E-state index in [1.54, 1.807) is 0 Å². The molecule has 1 spiro atoms. The van der Waals surface area contributed by atoms with Crippen LogP contribution in [0.1, 0.15) is 39.5 Å². The summed E-state index contributed by atoms with van der Waals surface area (Å²) in [4.78, 5) is 55.3. The fraction of sp³-hybridized carbons (Fsp3) is 0.435. The van der Waals surface area contributed by atoms with E-state index in [0.717, 1.165) is 29.0 Å². The van der Waals surface area contributed by atoms with Crippen LogP contribution >= 0.6 is 11.3 Å². The molecule has 1 aromatic heterocycles. The van der Waals surface area contributed by atoms with Crippen LogP contribution in [-0.2, 0) is 19.1 Å². The molecule has 174 valence electrons. The first kappa shape index (κ1) is 22.9. The minimum atomic E-state index is -1.12. The Kier molecular flexibility index (Phi) is 6.46. The summed E-state index contributed by atoms with van der Waals surface area (Å²) in [6, 6.07) is 8.94. The number of urea groups is 1. The van der Waals surface area contributed by atoms with E-state index in [1.807, 2.05) is 35.7 Å². The van der Waals surface area contributed by atoms with Crippen LogP contribution in [0.25, 0.3) is 11.3 Å². The highest BCUT2D eigenvalue weighted by molar-refractivity contribution is 7.14.